The van der Waals surface area contributed by atoms with E-state index in [4.69, 9.17) is 9.47 Å². The fourth-order valence-corrected chi connectivity index (χ4v) is 4.01. The number of carbonyl (C=O) groups is 1. The molecule has 0 atom stereocenters. The monoisotopic (exact) mass is 462 g/mol. The van der Waals surface area contributed by atoms with Crippen LogP contribution in [-0.4, -0.2) is 50.3 Å². The highest BCUT2D eigenvalue weighted by Gasteiger charge is 2.11. The molecule has 0 saturated carbocycles. The van der Waals surface area contributed by atoms with Gasteiger partial charge in [-0.1, -0.05) is 54.1 Å². The van der Waals surface area contributed by atoms with Crippen LogP contribution in [0.3, 0.4) is 0 Å². The maximum Gasteiger partial charge on any atom is 0.224 e. The van der Waals surface area contributed by atoms with Crippen molar-refractivity contribution in [1.29, 1.82) is 0 Å². The van der Waals surface area contributed by atoms with Gasteiger partial charge in [0.15, 0.2) is 0 Å². The van der Waals surface area contributed by atoms with E-state index >= 15 is 0 Å². The van der Waals surface area contributed by atoms with Gasteiger partial charge in [-0.25, -0.2) is 4.39 Å². The molecule has 34 heavy (non-hydrogen) atoms. The summed E-state index contributed by atoms with van der Waals surface area (Å²) >= 11 is 0. The van der Waals surface area contributed by atoms with Crippen molar-refractivity contribution in [2.24, 2.45) is 0 Å². The first-order chi connectivity index (χ1) is 16.6. The van der Waals surface area contributed by atoms with Gasteiger partial charge in [0.2, 0.25) is 5.91 Å². The zero-order valence-corrected chi connectivity index (χ0v) is 19.6. The summed E-state index contributed by atoms with van der Waals surface area (Å²) in [7, 11) is 0. The molecule has 0 aromatic heterocycles. The van der Waals surface area contributed by atoms with Gasteiger partial charge < -0.3 is 14.8 Å². The molecule has 178 valence electrons. The number of amides is 1. The number of rotatable bonds is 9. The molecule has 1 N–H and O–H groups in total. The summed E-state index contributed by atoms with van der Waals surface area (Å²) in [5.41, 5.74) is 4.40. The van der Waals surface area contributed by atoms with Gasteiger partial charge in [0.25, 0.3) is 0 Å². The van der Waals surface area contributed by atoms with Crippen molar-refractivity contribution in [2.75, 3.05) is 39.5 Å². The molecule has 0 bridgehead atoms. The zero-order valence-electron chi connectivity index (χ0n) is 19.6. The smallest absolute Gasteiger partial charge is 0.224 e. The summed E-state index contributed by atoms with van der Waals surface area (Å²) in [6.07, 6.45) is 0.282. The summed E-state index contributed by atoms with van der Waals surface area (Å²) in [4.78, 5) is 14.6. The molecule has 4 rings (SSSR count). The summed E-state index contributed by atoms with van der Waals surface area (Å²) in [6.45, 7) is 7.16. The molecule has 0 spiro atoms. The van der Waals surface area contributed by atoms with E-state index in [1.807, 2.05) is 49.4 Å². The van der Waals surface area contributed by atoms with Gasteiger partial charge in [0, 0.05) is 37.8 Å². The summed E-state index contributed by atoms with van der Waals surface area (Å²) in [5.74, 6) is 0.156. The van der Waals surface area contributed by atoms with Crippen molar-refractivity contribution in [2.45, 2.75) is 19.9 Å². The van der Waals surface area contributed by atoms with Crippen LogP contribution in [0.25, 0.3) is 11.1 Å². The molecule has 1 heterocycles. The molecule has 3 aromatic carbocycles. The average molecular weight is 463 g/mol. The van der Waals surface area contributed by atoms with E-state index in [1.54, 1.807) is 12.1 Å². The fraction of sp³-hybridized carbons (Fsp3) is 0.321. The van der Waals surface area contributed by atoms with E-state index in [2.05, 4.69) is 16.3 Å². The standard InChI is InChI=1S/C28H31FN2O3/c1-21-3-2-4-23(17-21)20-30-28(32)18-22-5-7-24(8-6-22)26-10-9-25(19-27(26)29)34-16-13-31-11-14-33-15-12-31/h2-10,17,19H,11-16,18,20H2,1H3,(H,30,32). The van der Waals surface area contributed by atoms with Crippen LogP contribution in [0.1, 0.15) is 16.7 Å². The molecule has 1 saturated heterocycles. The van der Waals surface area contributed by atoms with Crippen molar-refractivity contribution < 1.29 is 18.7 Å². The number of aryl methyl sites for hydroxylation is 1. The van der Waals surface area contributed by atoms with E-state index in [-0.39, 0.29) is 18.1 Å². The third kappa shape index (κ3) is 6.89. The van der Waals surface area contributed by atoms with E-state index in [0.29, 0.717) is 24.5 Å². The van der Waals surface area contributed by atoms with Gasteiger partial charge in [-0.3, -0.25) is 9.69 Å². The molecule has 0 aliphatic carbocycles. The number of hydrogen-bond donors (Lipinski definition) is 1. The lowest BCUT2D eigenvalue weighted by Gasteiger charge is -2.26. The molecule has 1 fully saturated rings. The van der Waals surface area contributed by atoms with Crippen molar-refractivity contribution in [3.05, 3.63) is 89.2 Å². The Morgan fingerprint density at radius 2 is 1.82 bits per heavy atom. The van der Waals surface area contributed by atoms with Gasteiger partial charge in [0.1, 0.15) is 18.2 Å². The lowest BCUT2D eigenvalue weighted by molar-refractivity contribution is -0.120. The minimum atomic E-state index is -0.326. The largest absolute Gasteiger partial charge is 0.492 e. The van der Waals surface area contributed by atoms with E-state index in [9.17, 15) is 9.18 Å². The average Bonchev–Trinajstić information content (AvgIpc) is 2.84. The van der Waals surface area contributed by atoms with E-state index < -0.39 is 0 Å². The van der Waals surface area contributed by atoms with Crippen molar-refractivity contribution in [3.8, 4) is 16.9 Å². The van der Waals surface area contributed by atoms with Crippen molar-refractivity contribution >= 4 is 5.91 Å². The SMILES string of the molecule is Cc1cccc(CNC(=O)Cc2ccc(-c3ccc(OCCN4CCOCC4)cc3F)cc2)c1. The van der Waals surface area contributed by atoms with E-state index in [1.165, 1.54) is 11.6 Å². The second-order valence-corrected chi connectivity index (χ2v) is 8.58. The topological polar surface area (TPSA) is 50.8 Å². The van der Waals surface area contributed by atoms with Gasteiger partial charge in [0.05, 0.1) is 19.6 Å². The minimum absolute atomic E-state index is 0.0426. The number of carbonyl (C=O) groups excluding carboxylic acids is 1. The predicted octanol–water partition coefficient (Wildman–Crippen LogP) is 4.37. The van der Waals surface area contributed by atoms with Crippen LogP contribution in [0.15, 0.2) is 66.7 Å². The first-order valence-electron chi connectivity index (χ1n) is 11.7. The highest BCUT2D eigenvalue weighted by Crippen LogP contribution is 2.26. The Kier molecular flexibility index (Phi) is 8.28. The molecular formula is C28H31FN2O3. The van der Waals surface area contributed by atoms with Crippen LogP contribution < -0.4 is 10.1 Å². The Hall–Kier alpha value is -3.22. The number of hydrogen-bond acceptors (Lipinski definition) is 4. The third-order valence-corrected chi connectivity index (χ3v) is 5.92. The van der Waals surface area contributed by atoms with Crippen LogP contribution in [0.5, 0.6) is 5.75 Å². The third-order valence-electron chi connectivity index (χ3n) is 5.92. The summed E-state index contributed by atoms with van der Waals surface area (Å²) < 4.78 is 25.8. The first kappa shape index (κ1) is 23.9. The van der Waals surface area contributed by atoms with Gasteiger partial charge in [-0.15, -0.1) is 0 Å². The maximum atomic E-state index is 14.7. The molecule has 0 unspecified atom stereocenters. The van der Waals surface area contributed by atoms with Crippen molar-refractivity contribution in [1.82, 2.24) is 10.2 Å². The minimum Gasteiger partial charge on any atom is -0.492 e. The van der Waals surface area contributed by atoms with E-state index in [0.717, 1.165) is 49.5 Å². The second kappa shape index (κ2) is 11.8. The molecule has 1 aliphatic heterocycles. The first-order valence-corrected chi connectivity index (χ1v) is 11.7. The zero-order chi connectivity index (χ0) is 23.8. The van der Waals surface area contributed by atoms with Crippen molar-refractivity contribution in [3.63, 3.8) is 0 Å². The van der Waals surface area contributed by atoms with Crippen LogP contribution in [0.2, 0.25) is 0 Å². The molecule has 5 nitrogen and oxygen atoms in total. The number of halogens is 1. The van der Waals surface area contributed by atoms with Crippen LogP contribution in [0.4, 0.5) is 4.39 Å². The molecular weight excluding hydrogens is 431 g/mol. The Labute approximate surface area is 200 Å². The van der Waals surface area contributed by atoms with Crippen LogP contribution >= 0.6 is 0 Å². The number of benzene rings is 3. The Balaban J connectivity index is 1.28. The van der Waals surface area contributed by atoms with Crippen LogP contribution in [0, 0.1) is 12.7 Å². The Morgan fingerprint density at radius 3 is 2.56 bits per heavy atom. The number of morpholine rings is 1. The number of nitrogens with one attached hydrogen (secondary N) is 1. The highest BCUT2D eigenvalue weighted by atomic mass is 19.1. The molecule has 6 heteroatoms. The molecule has 1 amide bonds. The van der Waals surface area contributed by atoms with Gasteiger partial charge in [-0.05, 0) is 35.7 Å². The summed E-state index contributed by atoms with van der Waals surface area (Å²) in [5, 5.41) is 2.95. The maximum absolute atomic E-state index is 14.7. The molecule has 3 aromatic rings. The number of nitrogens with zero attached hydrogens (tertiary/aromatic N) is 1. The Bertz CT molecular complexity index is 1100. The highest BCUT2D eigenvalue weighted by molar-refractivity contribution is 5.79. The Morgan fingerprint density at radius 1 is 1.03 bits per heavy atom. The number of ether oxygens (including phenoxy) is 2. The fourth-order valence-electron chi connectivity index (χ4n) is 4.01. The second-order valence-electron chi connectivity index (χ2n) is 8.58. The molecule has 0 radical (unpaired) electrons. The van der Waals surface area contributed by atoms with Gasteiger partial charge in [-0.2, -0.15) is 0 Å². The van der Waals surface area contributed by atoms with Crippen LogP contribution in [-0.2, 0) is 22.5 Å². The lowest BCUT2D eigenvalue weighted by atomic mass is 10.0. The predicted molar refractivity (Wildman–Crippen MR) is 131 cm³/mol. The quantitative estimate of drug-likeness (QED) is 0.513. The molecule has 1 aliphatic rings. The van der Waals surface area contributed by atoms with Gasteiger partial charge >= 0.3 is 0 Å². The normalized spacial score (nSPS) is 14.1. The lowest BCUT2D eigenvalue weighted by Crippen LogP contribution is -2.38. The summed E-state index contributed by atoms with van der Waals surface area (Å²) in [6, 6.07) is 20.5.